The summed E-state index contributed by atoms with van der Waals surface area (Å²) in [7, 11) is 0. The quantitative estimate of drug-likeness (QED) is 0.880. The Balaban J connectivity index is 1.75. The average Bonchev–Trinajstić information content (AvgIpc) is 2.38. The number of nitrogens with zero attached hydrogens (tertiary/aromatic N) is 2. The Morgan fingerprint density at radius 1 is 1.44 bits per heavy atom. The van der Waals surface area contributed by atoms with Gasteiger partial charge in [0.1, 0.15) is 0 Å². The van der Waals surface area contributed by atoms with Crippen LogP contribution in [0.15, 0.2) is 18.3 Å². The number of aryl methyl sites for hydroxylation is 1. The molecule has 1 amide bonds. The van der Waals surface area contributed by atoms with E-state index in [1.807, 2.05) is 18.0 Å². The highest BCUT2D eigenvalue weighted by molar-refractivity contribution is 5.73. The maximum atomic E-state index is 11.2. The Bertz CT molecular complexity index is 394. The molecule has 0 atom stereocenters. The number of hydrogen-bond donors (Lipinski definition) is 1. The van der Waals surface area contributed by atoms with Crippen molar-refractivity contribution in [2.75, 3.05) is 13.1 Å². The summed E-state index contributed by atoms with van der Waals surface area (Å²) in [5.74, 6) is 0.189. The highest BCUT2D eigenvalue weighted by atomic mass is 16.2. The van der Waals surface area contributed by atoms with Gasteiger partial charge in [0.25, 0.3) is 0 Å². The highest BCUT2D eigenvalue weighted by Crippen LogP contribution is 2.11. The van der Waals surface area contributed by atoms with Crippen LogP contribution in [0.3, 0.4) is 0 Å². The minimum atomic E-state index is 0.189. The molecule has 0 spiro atoms. The van der Waals surface area contributed by atoms with Crippen LogP contribution in [0.5, 0.6) is 0 Å². The summed E-state index contributed by atoms with van der Waals surface area (Å²) in [4.78, 5) is 17.5. The molecule has 18 heavy (non-hydrogen) atoms. The van der Waals surface area contributed by atoms with Crippen LogP contribution < -0.4 is 5.32 Å². The summed E-state index contributed by atoms with van der Waals surface area (Å²) in [6, 6.07) is 4.65. The Hall–Kier alpha value is -1.42. The Kier molecular flexibility index (Phi) is 4.31. The molecule has 98 valence electrons. The zero-order chi connectivity index (χ0) is 13.0. The second kappa shape index (κ2) is 5.96. The zero-order valence-corrected chi connectivity index (χ0v) is 11.1. The second-order valence-corrected chi connectivity index (χ2v) is 4.99. The van der Waals surface area contributed by atoms with Gasteiger partial charge in [-0.3, -0.25) is 9.78 Å². The van der Waals surface area contributed by atoms with E-state index in [0.29, 0.717) is 6.04 Å². The normalized spacial score (nSPS) is 16.9. The fourth-order valence-corrected chi connectivity index (χ4v) is 2.25. The van der Waals surface area contributed by atoms with Crippen LogP contribution in [0.25, 0.3) is 0 Å². The molecule has 2 rings (SSSR count). The molecule has 1 aromatic rings. The molecule has 4 nitrogen and oxygen atoms in total. The van der Waals surface area contributed by atoms with Crippen molar-refractivity contribution in [1.82, 2.24) is 15.2 Å². The van der Waals surface area contributed by atoms with Gasteiger partial charge < -0.3 is 10.2 Å². The molecule has 2 heterocycles. The maximum Gasteiger partial charge on any atom is 0.219 e. The van der Waals surface area contributed by atoms with Gasteiger partial charge in [0.15, 0.2) is 0 Å². The fourth-order valence-electron chi connectivity index (χ4n) is 2.25. The van der Waals surface area contributed by atoms with E-state index in [2.05, 4.69) is 22.4 Å². The van der Waals surface area contributed by atoms with E-state index in [-0.39, 0.29) is 5.91 Å². The summed E-state index contributed by atoms with van der Waals surface area (Å²) < 4.78 is 0. The number of aromatic nitrogens is 1. The summed E-state index contributed by atoms with van der Waals surface area (Å²) in [5, 5.41) is 3.52. The first kappa shape index (κ1) is 13.0. The third kappa shape index (κ3) is 3.53. The van der Waals surface area contributed by atoms with E-state index in [9.17, 15) is 4.79 Å². The van der Waals surface area contributed by atoms with E-state index in [1.165, 1.54) is 5.56 Å². The average molecular weight is 247 g/mol. The third-order valence-corrected chi connectivity index (χ3v) is 3.48. The molecule has 1 fully saturated rings. The number of pyridine rings is 1. The van der Waals surface area contributed by atoms with E-state index < -0.39 is 0 Å². The number of likely N-dealkylation sites (tertiary alicyclic amines) is 1. The van der Waals surface area contributed by atoms with Crippen molar-refractivity contribution in [3.05, 3.63) is 29.6 Å². The molecular weight excluding hydrogens is 226 g/mol. The largest absolute Gasteiger partial charge is 0.343 e. The molecule has 0 radical (unpaired) electrons. The lowest BCUT2D eigenvalue weighted by molar-refractivity contribution is -0.129. The lowest BCUT2D eigenvalue weighted by Crippen LogP contribution is -2.44. The van der Waals surface area contributed by atoms with E-state index >= 15 is 0 Å². The number of amides is 1. The van der Waals surface area contributed by atoms with Crippen molar-refractivity contribution in [2.45, 2.75) is 39.3 Å². The smallest absolute Gasteiger partial charge is 0.219 e. The van der Waals surface area contributed by atoms with Gasteiger partial charge in [-0.1, -0.05) is 6.07 Å². The van der Waals surface area contributed by atoms with Crippen LogP contribution in [0.2, 0.25) is 0 Å². The van der Waals surface area contributed by atoms with Crippen molar-refractivity contribution in [3.8, 4) is 0 Å². The zero-order valence-electron chi connectivity index (χ0n) is 11.1. The van der Waals surface area contributed by atoms with Gasteiger partial charge in [0.2, 0.25) is 5.91 Å². The Morgan fingerprint density at radius 3 is 2.72 bits per heavy atom. The van der Waals surface area contributed by atoms with Gasteiger partial charge in [-0.2, -0.15) is 0 Å². The van der Waals surface area contributed by atoms with Crippen molar-refractivity contribution < 1.29 is 4.79 Å². The predicted octanol–water partition coefficient (Wildman–Crippen LogP) is 1.49. The van der Waals surface area contributed by atoms with E-state index in [4.69, 9.17) is 0 Å². The predicted molar refractivity (Wildman–Crippen MR) is 71.1 cm³/mol. The van der Waals surface area contributed by atoms with Gasteiger partial charge >= 0.3 is 0 Å². The van der Waals surface area contributed by atoms with Crippen LogP contribution in [0, 0.1) is 6.92 Å². The number of carbonyl (C=O) groups is 1. The van der Waals surface area contributed by atoms with Crippen molar-refractivity contribution in [2.24, 2.45) is 0 Å². The first-order valence-electron chi connectivity index (χ1n) is 6.55. The molecular formula is C14H21N3O. The minimum Gasteiger partial charge on any atom is -0.343 e. The lowest BCUT2D eigenvalue weighted by atomic mass is 10.0. The van der Waals surface area contributed by atoms with Crippen LogP contribution in [0.1, 0.15) is 31.0 Å². The van der Waals surface area contributed by atoms with E-state index in [1.54, 1.807) is 6.92 Å². The summed E-state index contributed by atoms with van der Waals surface area (Å²) in [6.45, 7) is 6.24. The molecule has 1 saturated heterocycles. The molecule has 1 aromatic heterocycles. The Labute approximate surface area is 108 Å². The van der Waals surface area contributed by atoms with Crippen LogP contribution >= 0.6 is 0 Å². The molecule has 0 bridgehead atoms. The first-order chi connectivity index (χ1) is 8.65. The Morgan fingerprint density at radius 2 is 2.17 bits per heavy atom. The summed E-state index contributed by atoms with van der Waals surface area (Å²) >= 11 is 0. The van der Waals surface area contributed by atoms with Gasteiger partial charge in [0.05, 0.1) is 5.69 Å². The molecule has 1 N–H and O–H groups in total. The van der Waals surface area contributed by atoms with Crippen LogP contribution in [0.4, 0.5) is 0 Å². The molecule has 1 aliphatic heterocycles. The van der Waals surface area contributed by atoms with Crippen LogP contribution in [-0.4, -0.2) is 34.9 Å². The van der Waals surface area contributed by atoms with Gasteiger partial charge in [-0.15, -0.1) is 0 Å². The van der Waals surface area contributed by atoms with Gasteiger partial charge in [0, 0.05) is 38.8 Å². The molecule has 0 unspecified atom stereocenters. The maximum absolute atomic E-state index is 11.2. The molecule has 0 aromatic carbocycles. The second-order valence-electron chi connectivity index (χ2n) is 4.99. The first-order valence-corrected chi connectivity index (χ1v) is 6.55. The number of nitrogens with one attached hydrogen (secondary N) is 1. The van der Waals surface area contributed by atoms with Crippen molar-refractivity contribution in [1.29, 1.82) is 0 Å². The number of rotatable bonds is 3. The lowest BCUT2D eigenvalue weighted by Gasteiger charge is -2.31. The van der Waals surface area contributed by atoms with Gasteiger partial charge in [-0.05, 0) is 31.4 Å². The van der Waals surface area contributed by atoms with Crippen LogP contribution in [-0.2, 0) is 11.3 Å². The van der Waals surface area contributed by atoms with Gasteiger partial charge in [-0.25, -0.2) is 0 Å². The summed E-state index contributed by atoms with van der Waals surface area (Å²) in [5.41, 5.74) is 2.27. The number of hydrogen-bond acceptors (Lipinski definition) is 3. The van der Waals surface area contributed by atoms with Crippen molar-refractivity contribution in [3.63, 3.8) is 0 Å². The number of carbonyl (C=O) groups excluding carboxylic acids is 1. The molecule has 0 aliphatic carbocycles. The standard InChI is InChI=1S/C14H21N3O/c1-11-3-4-14(15-9-11)10-16-13-5-7-17(8-6-13)12(2)18/h3-4,9,13,16H,5-8,10H2,1-2H3. The molecule has 0 saturated carbocycles. The minimum absolute atomic E-state index is 0.189. The highest BCUT2D eigenvalue weighted by Gasteiger charge is 2.19. The molecule has 4 heteroatoms. The third-order valence-electron chi connectivity index (χ3n) is 3.48. The molecule has 1 aliphatic rings. The van der Waals surface area contributed by atoms with E-state index in [0.717, 1.165) is 38.2 Å². The fraction of sp³-hybridized carbons (Fsp3) is 0.571. The monoisotopic (exact) mass is 247 g/mol. The topological polar surface area (TPSA) is 45.2 Å². The summed E-state index contributed by atoms with van der Waals surface area (Å²) in [6.07, 6.45) is 3.96. The number of piperidine rings is 1. The van der Waals surface area contributed by atoms with Crippen molar-refractivity contribution >= 4 is 5.91 Å². The SMILES string of the molecule is CC(=O)N1CCC(NCc2ccc(C)cn2)CC1.